The van der Waals surface area contributed by atoms with Gasteiger partial charge in [0.05, 0.1) is 17.7 Å². The van der Waals surface area contributed by atoms with E-state index in [1.54, 1.807) is 17.0 Å². The van der Waals surface area contributed by atoms with Gasteiger partial charge in [0.1, 0.15) is 12.4 Å². The molecule has 1 fully saturated rings. The quantitative estimate of drug-likeness (QED) is 0.898. The van der Waals surface area contributed by atoms with Crippen molar-refractivity contribution in [2.75, 3.05) is 11.4 Å². The third-order valence-electron chi connectivity index (χ3n) is 4.14. The first-order valence-corrected chi connectivity index (χ1v) is 8.34. The Morgan fingerprint density at radius 1 is 1.31 bits per heavy atom. The monoisotopic (exact) mass is 349 g/mol. The topological polar surface area (TPSA) is 82.4 Å². The number of anilines is 1. The van der Waals surface area contributed by atoms with Gasteiger partial charge in [-0.2, -0.15) is 5.26 Å². The summed E-state index contributed by atoms with van der Waals surface area (Å²) in [6.07, 6.45) is 0.313. The molecule has 0 spiro atoms. The Bertz CT molecular complexity index is 855. The van der Waals surface area contributed by atoms with E-state index >= 15 is 0 Å². The van der Waals surface area contributed by atoms with E-state index in [-0.39, 0.29) is 17.9 Å². The summed E-state index contributed by atoms with van der Waals surface area (Å²) in [4.78, 5) is 25.0. The Balaban J connectivity index is 1.61. The van der Waals surface area contributed by atoms with Crippen LogP contribution >= 0.6 is 0 Å². The Hall–Kier alpha value is -3.33. The van der Waals surface area contributed by atoms with Crippen molar-refractivity contribution >= 4 is 17.5 Å². The maximum absolute atomic E-state index is 12.1. The Kier molecular flexibility index (Phi) is 5.18. The van der Waals surface area contributed by atoms with E-state index in [1.807, 2.05) is 36.4 Å². The van der Waals surface area contributed by atoms with Crippen LogP contribution in [0.1, 0.15) is 24.5 Å². The van der Waals surface area contributed by atoms with E-state index < -0.39 is 0 Å². The summed E-state index contributed by atoms with van der Waals surface area (Å²) >= 11 is 0. The zero-order chi connectivity index (χ0) is 18.5. The number of benzene rings is 2. The fourth-order valence-electron chi connectivity index (χ4n) is 2.96. The molecule has 3 rings (SSSR count). The lowest BCUT2D eigenvalue weighted by Crippen LogP contribution is -2.35. The summed E-state index contributed by atoms with van der Waals surface area (Å²) in [7, 11) is 0. The lowest BCUT2D eigenvalue weighted by atomic mass is 10.1. The molecule has 2 aromatic carbocycles. The van der Waals surface area contributed by atoms with E-state index in [2.05, 4.69) is 11.4 Å². The molecule has 0 aliphatic carbocycles. The molecule has 132 valence electrons. The predicted molar refractivity (Wildman–Crippen MR) is 96.5 cm³/mol. The minimum atomic E-state index is -0.150. The smallest absolute Gasteiger partial charge is 0.229 e. The molecule has 1 unspecified atom stereocenters. The fourth-order valence-corrected chi connectivity index (χ4v) is 2.96. The van der Waals surface area contributed by atoms with Gasteiger partial charge in [-0.05, 0) is 42.0 Å². The van der Waals surface area contributed by atoms with E-state index in [9.17, 15) is 9.59 Å². The second-order valence-corrected chi connectivity index (χ2v) is 6.20. The van der Waals surface area contributed by atoms with E-state index in [1.165, 1.54) is 6.92 Å². The molecule has 1 aliphatic heterocycles. The molecule has 26 heavy (non-hydrogen) atoms. The molecule has 2 amide bonds. The van der Waals surface area contributed by atoms with Gasteiger partial charge < -0.3 is 15.0 Å². The molecule has 0 saturated carbocycles. The highest BCUT2D eigenvalue weighted by Crippen LogP contribution is 2.24. The number of nitrogens with one attached hydrogen (secondary N) is 1. The minimum absolute atomic E-state index is 0.00858. The lowest BCUT2D eigenvalue weighted by molar-refractivity contribution is -0.119. The van der Waals surface area contributed by atoms with Crippen molar-refractivity contribution in [2.45, 2.75) is 26.0 Å². The Labute approximate surface area is 152 Å². The summed E-state index contributed by atoms with van der Waals surface area (Å²) in [5.74, 6) is 0.542. The third-order valence-corrected chi connectivity index (χ3v) is 4.14. The normalized spacial score (nSPS) is 16.2. The van der Waals surface area contributed by atoms with Gasteiger partial charge in [0.15, 0.2) is 0 Å². The minimum Gasteiger partial charge on any atom is -0.489 e. The molecular weight excluding hydrogens is 330 g/mol. The standard InChI is InChI=1S/C20H19N3O3/c1-14(24)22-17-10-20(25)23(12-17)18-5-7-19(8-6-18)26-13-16-4-2-3-15(9-16)11-21/h2-9,17H,10,12-13H2,1H3,(H,22,24). The molecule has 0 radical (unpaired) electrons. The Morgan fingerprint density at radius 3 is 2.77 bits per heavy atom. The van der Waals surface area contributed by atoms with Gasteiger partial charge in [0, 0.05) is 25.6 Å². The van der Waals surface area contributed by atoms with Crippen molar-refractivity contribution < 1.29 is 14.3 Å². The number of carbonyl (C=O) groups is 2. The molecule has 6 nitrogen and oxygen atoms in total. The van der Waals surface area contributed by atoms with Crippen LogP contribution in [0.5, 0.6) is 5.75 Å². The molecule has 1 aliphatic rings. The number of amides is 2. The number of nitrogens with zero attached hydrogens (tertiary/aromatic N) is 2. The molecule has 1 atom stereocenters. The van der Waals surface area contributed by atoms with Gasteiger partial charge in [-0.25, -0.2) is 0 Å². The zero-order valence-corrected chi connectivity index (χ0v) is 14.4. The molecule has 2 aromatic rings. The van der Waals surface area contributed by atoms with Crippen LogP contribution in [0.15, 0.2) is 48.5 Å². The number of hydrogen-bond donors (Lipinski definition) is 1. The molecule has 6 heteroatoms. The first kappa shape index (κ1) is 17.5. The third kappa shape index (κ3) is 4.19. The molecular formula is C20H19N3O3. The molecule has 1 saturated heterocycles. The lowest BCUT2D eigenvalue weighted by Gasteiger charge is -2.17. The van der Waals surface area contributed by atoms with Gasteiger partial charge >= 0.3 is 0 Å². The predicted octanol–water partition coefficient (Wildman–Crippen LogP) is 2.38. The second-order valence-electron chi connectivity index (χ2n) is 6.20. The van der Waals surface area contributed by atoms with Crippen LogP contribution in [0.3, 0.4) is 0 Å². The maximum atomic E-state index is 12.1. The summed E-state index contributed by atoms with van der Waals surface area (Å²) < 4.78 is 5.74. The summed E-state index contributed by atoms with van der Waals surface area (Å²) in [6, 6.07) is 16.5. The summed E-state index contributed by atoms with van der Waals surface area (Å²) in [6.45, 7) is 2.28. The average molecular weight is 349 g/mol. The van der Waals surface area contributed by atoms with Crippen LogP contribution in [0, 0.1) is 11.3 Å². The second kappa shape index (κ2) is 7.70. The van der Waals surface area contributed by atoms with Gasteiger partial charge in [-0.15, -0.1) is 0 Å². The van der Waals surface area contributed by atoms with Gasteiger partial charge in [-0.1, -0.05) is 12.1 Å². The van der Waals surface area contributed by atoms with Crippen LogP contribution < -0.4 is 15.0 Å². The summed E-state index contributed by atoms with van der Waals surface area (Å²) in [5, 5.41) is 11.7. The highest BCUT2D eigenvalue weighted by atomic mass is 16.5. The maximum Gasteiger partial charge on any atom is 0.229 e. The van der Waals surface area contributed by atoms with Crippen LogP contribution in [-0.2, 0) is 16.2 Å². The first-order chi connectivity index (χ1) is 12.5. The number of ether oxygens (including phenoxy) is 1. The average Bonchev–Trinajstić information content (AvgIpc) is 3.00. The largest absolute Gasteiger partial charge is 0.489 e. The van der Waals surface area contributed by atoms with Crippen molar-refractivity contribution in [1.29, 1.82) is 5.26 Å². The molecule has 1 N–H and O–H groups in total. The van der Waals surface area contributed by atoms with Crippen molar-refractivity contribution in [3.05, 3.63) is 59.7 Å². The number of rotatable bonds is 5. The van der Waals surface area contributed by atoms with Crippen molar-refractivity contribution in [1.82, 2.24) is 5.32 Å². The Morgan fingerprint density at radius 2 is 2.08 bits per heavy atom. The van der Waals surface area contributed by atoms with Gasteiger partial charge in [-0.3, -0.25) is 9.59 Å². The molecule has 0 aromatic heterocycles. The van der Waals surface area contributed by atoms with E-state index in [0.29, 0.717) is 30.9 Å². The summed E-state index contributed by atoms with van der Waals surface area (Å²) in [5.41, 5.74) is 2.30. The number of carbonyl (C=O) groups excluding carboxylic acids is 2. The highest BCUT2D eigenvalue weighted by Gasteiger charge is 2.30. The van der Waals surface area contributed by atoms with E-state index in [4.69, 9.17) is 10.00 Å². The SMILES string of the molecule is CC(=O)NC1CC(=O)N(c2ccc(OCc3cccc(C#N)c3)cc2)C1. The fraction of sp³-hybridized carbons (Fsp3) is 0.250. The van der Waals surface area contributed by atoms with Gasteiger partial charge in [0.25, 0.3) is 0 Å². The van der Waals surface area contributed by atoms with Crippen LogP contribution in [-0.4, -0.2) is 24.4 Å². The van der Waals surface area contributed by atoms with Gasteiger partial charge in [0.2, 0.25) is 11.8 Å². The number of hydrogen-bond acceptors (Lipinski definition) is 4. The van der Waals surface area contributed by atoms with Crippen molar-refractivity contribution in [3.63, 3.8) is 0 Å². The van der Waals surface area contributed by atoms with Crippen LogP contribution in [0.25, 0.3) is 0 Å². The zero-order valence-electron chi connectivity index (χ0n) is 14.4. The van der Waals surface area contributed by atoms with E-state index in [0.717, 1.165) is 11.3 Å². The van der Waals surface area contributed by atoms with Crippen molar-refractivity contribution in [3.8, 4) is 11.8 Å². The highest BCUT2D eigenvalue weighted by molar-refractivity contribution is 5.96. The molecule has 1 heterocycles. The van der Waals surface area contributed by atoms with Crippen LogP contribution in [0.2, 0.25) is 0 Å². The molecule has 0 bridgehead atoms. The van der Waals surface area contributed by atoms with Crippen LogP contribution in [0.4, 0.5) is 5.69 Å². The van der Waals surface area contributed by atoms with Crippen molar-refractivity contribution in [2.24, 2.45) is 0 Å². The first-order valence-electron chi connectivity index (χ1n) is 8.34. The number of nitriles is 1.